The van der Waals surface area contributed by atoms with Gasteiger partial charge in [0.2, 0.25) is 0 Å². The summed E-state index contributed by atoms with van der Waals surface area (Å²) in [6.45, 7) is 6.07. The van der Waals surface area contributed by atoms with Crippen molar-refractivity contribution in [3.8, 4) is 0 Å². The number of Topliss-reactive ketones (excluding diaryl/α,β-unsaturated/α-hetero) is 1. The molecule has 0 radical (unpaired) electrons. The minimum Gasteiger partial charge on any atom is -0.363 e. The van der Waals surface area contributed by atoms with Crippen LogP contribution in [0.15, 0.2) is 0 Å². The molecular formula is C13H20O4S. The molecule has 2 aliphatic heterocycles. The molecule has 0 unspecified atom stereocenters. The fraction of sp³-hybridized carbons (Fsp3) is 0.923. The maximum Gasteiger partial charge on any atom is 0.198 e. The predicted octanol–water partition coefficient (Wildman–Crippen LogP) is 1.56. The summed E-state index contributed by atoms with van der Waals surface area (Å²) in [7, 11) is 0. The highest BCUT2D eigenvalue weighted by Crippen LogP contribution is 2.56. The van der Waals surface area contributed by atoms with Gasteiger partial charge in [0.15, 0.2) is 12.1 Å². The lowest BCUT2D eigenvalue weighted by atomic mass is 9.70. The lowest BCUT2D eigenvalue weighted by molar-refractivity contribution is -0.266. The van der Waals surface area contributed by atoms with Crippen LogP contribution in [-0.2, 0) is 14.3 Å². The second kappa shape index (κ2) is 3.95. The van der Waals surface area contributed by atoms with Crippen molar-refractivity contribution in [2.24, 2.45) is 11.8 Å². The fourth-order valence-electron chi connectivity index (χ4n) is 3.26. The Hall–Kier alpha value is -0.100. The molecular weight excluding hydrogens is 252 g/mol. The topological polar surface area (TPSA) is 55.8 Å². The van der Waals surface area contributed by atoms with Crippen LogP contribution in [0.25, 0.3) is 0 Å². The Balaban J connectivity index is 1.85. The van der Waals surface area contributed by atoms with E-state index in [4.69, 9.17) is 9.47 Å². The van der Waals surface area contributed by atoms with E-state index in [-0.39, 0.29) is 24.0 Å². The van der Waals surface area contributed by atoms with Gasteiger partial charge in [-0.05, 0) is 12.2 Å². The zero-order chi connectivity index (χ0) is 13.1. The van der Waals surface area contributed by atoms with Crippen molar-refractivity contribution in [1.29, 1.82) is 0 Å². The Morgan fingerprint density at radius 2 is 2.22 bits per heavy atom. The van der Waals surface area contributed by atoms with Crippen molar-refractivity contribution in [1.82, 2.24) is 0 Å². The number of ketones is 1. The van der Waals surface area contributed by atoms with Gasteiger partial charge in [-0.15, -0.1) is 0 Å². The third-order valence-corrected chi connectivity index (χ3v) is 5.67. The van der Waals surface area contributed by atoms with Gasteiger partial charge in [-0.25, -0.2) is 0 Å². The normalized spacial score (nSPS) is 50.3. The maximum atomic E-state index is 12.2. The van der Waals surface area contributed by atoms with Crippen molar-refractivity contribution >= 4 is 17.5 Å². The van der Waals surface area contributed by atoms with E-state index in [0.29, 0.717) is 11.7 Å². The first kappa shape index (κ1) is 12.9. The molecule has 1 saturated carbocycles. The third-order valence-electron chi connectivity index (χ3n) is 4.42. The minimum absolute atomic E-state index is 0.0782. The van der Waals surface area contributed by atoms with E-state index in [9.17, 15) is 9.90 Å². The molecule has 102 valence electrons. The van der Waals surface area contributed by atoms with Gasteiger partial charge in [0, 0.05) is 30.4 Å². The van der Waals surface area contributed by atoms with Gasteiger partial charge in [-0.3, -0.25) is 4.79 Å². The van der Waals surface area contributed by atoms with Crippen LogP contribution in [0.2, 0.25) is 0 Å². The van der Waals surface area contributed by atoms with E-state index in [2.05, 4.69) is 13.8 Å². The van der Waals surface area contributed by atoms with Gasteiger partial charge in [0.25, 0.3) is 0 Å². The van der Waals surface area contributed by atoms with E-state index in [0.717, 1.165) is 5.75 Å². The first-order valence-corrected chi connectivity index (χ1v) is 7.62. The number of hydrogen-bond acceptors (Lipinski definition) is 5. The number of ether oxygens (including phenoxy) is 2. The molecule has 1 aliphatic carbocycles. The van der Waals surface area contributed by atoms with Crippen LogP contribution in [0.4, 0.5) is 0 Å². The zero-order valence-electron chi connectivity index (χ0n) is 11.0. The number of rotatable bonds is 3. The van der Waals surface area contributed by atoms with Gasteiger partial charge < -0.3 is 14.6 Å². The van der Waals surface area contributed by atoms with Gasteiger partial charge >= 0.3 is 0 Å². The molecule has 1 N–H and O–H groups in total. The highest BCUT2D eigenvalue weighted by atomic mass is 32.2. The molecule has 5 heteroatoms. The molecule has 3 bridgehead atoms. The summed E-state index contributed by atoms with van der Waals surface area (Å²) < 4.78 is 11.6. The number of thioether (sulfide) groups is 1. The minimum atomic E-state index is -1.25. The van der Waals surface area contributed by atoms with E-state index in [1.807, 2.05) is 11.8 Å². The molecule has 4 nitrogen and oxygen atoms in total. The highest BCUT2D eigenvalue weighted by molar-refractivity contribution is 7.99. The summed E-state index contributed by atoms with van der Waals surface area (Å²) >= 11 is 1.82. The summed E-state index contributed by atoms with van der Waals surface area (Å²) in [6, 6.07) is 0. The van der Waals surface area contributed by atoms with Crippen LogP contribution in [0, 0.1) is 11.8 Å². The smallest absolute Gasteiger partial charge is 0.198 e. The standard InChI is InChI=1S/C13H20O4S/c1-7(2)18-6-9-8-4-13(15)12(3,5-10(8)14)16-11(9)17-13/h7-9,11,15H,4-6H2,1-3H3/t8-,9+,11+,12+,13+/m1/s1. The maximum absolute atomic E-state index is 12.2. The summed E-state index contributed by atoms with van der Waals surface area (Å²) in [6.07, 6.45) is 0.242. The average Bonchev–Trinajstić information content (AvgIpc) is 2.40. The van der Waals surface area contributed by atoms with Gasteiger partial charge in [0.05, 0.1) is 0 Å². The molecule has 2 saturated heterocycles. The number of carbonyl (C=O) groups excluding carboxylic acids is 1. The van der Waals surface area contributed by atoms with Gasteiger partial charge in [0.1, 0.15) is 11.4 Å². The SMILES string of the molecule is CC(C)SC[C@@H]1[C@H]2O[C@@]3(C)CC(=O)[C@@H]1C[C@]3(O)O2. The summed E-state index contributed by atoms with van der Waals surface area (Å²) in [5.74, 6) is -0.201. The van der Waals surface area contributed by atoms with E-state index in [1.54, 1.807) is 6.92 Å². The van der Waals surface area contributed by atoms with Gasteiger partial charge in [-0.2, -0.15) is 11.8 Å². The number of carbonyl (C=O) groups is 1. The van der Waals surface area contributed by atoms with E-state index >= 15 is 0 Å². The Morgan fingerprint density at radius 3 is 2.89 bits per heavy atom. The lowest BCUT2D eigenvalue weighted by Crippen LogP contribution is -2.59. The first-order chi connectivity index (χ1) is 8.35. The van der Waals surface area contributed by atoms with Gasteiger partial charge in [-0.1, -0.05) is 13.8 Å². The highest BCUT2D eigenvalue weighted by Gasteiger charge is 2.69. The Labute approximate surface area is 111 Å². The molecule has 0 spiro atoms. The largest absolute Gasteiger partial charge is 0.363 e. The van der Waals surface area contributed by atoms with Crippen molar-refractivity contribution in [2.75, 3.05) is 5.75 Å². The molecule has 0 amide bonds. The van der Waals surface area contributed by atoms with Crippen molar-refractivity contribution in [2.45, 2.75) is 56.5 Å². The number of fused-ring (bicyclic) bond motifs is 2. The summed E-state index contributed by atoms with van der Waals surface area (Å²) in [5, 5.41) is 11.0. The monoisotopic (exact) mass is 272 g/mol. The quantitative estimate of drug-likeness (QED) is 0.845. The van der Waals surface area contributed by atoms with Crippen molar-refractivity contribution < 1.29 is 19.4 Å². The molecule has 0 aromatic rings. The van der Waals surface area contributed by atoms with E-state index in [1.165, 1.54) is 0 Å². The van der Waals surface area contributed by atoms with Crippen LogP contribution in [0.5, 0.6) is 0 Å². The Kier molecular flexibility index (Phi) is 2.83. The third kappa shape index (κ3) is 1.68. The van der Waals surface area contributed by atoms with E-state index < -0.39 is 17.7 Å². The fourth-order valence-corrected chi connectivity index (χ4v) is 4.26. The molecule has 3 rings (SSSR count). The Bertz CT molecular complexity index is 385. The van der Waals surface area contributed by atoms with Crippen molar-refractivity contribution in [3.63, 3.8) is 0 Å². The predicted molar refractivity (Wildman–Crippen MR) is 68.1 cm³/mol. The number of aliphatic hydroxyl groups is 1. The van der Waals surface area contributed by atoms with Crippen LogP contribution in [0.1, 0.15) is 33.6 Å². The second-order valence-corrected chi connectivity index (χ2v) is 7.73. The van der Waals surface area contributed by atoms with Crippen LogP contribution >= 0.6 is 11.8 Å². The molecule has 0 aromatic carbocycles. The average molecular weight is 272 g/mol. The Morgan fingerprint density at radius 1 is 1.50 bits per heavy atom. The zero-order valence-corrected chi connectivity index (χ0v) is 11.8. The summed E-state index contributed by atoms with van der Waals surface area (Å²) in [4.78, 5) is 12.2. The van der Waals surface area contributed by atoms with Crippen LogP contribution in [0.3, 0.4) is 0 Å². The molecule has 0 aromatic heterocycles. The molecule has 18 heavy (non-hydrogen) atoms. The lowest BCUT2D eigenvalue weighted by Gasteiger charge is -2.45. The molecule has 2 heterocycles. The number of hydrogen-bond donors (Lipinski definition) is 1. The van der Waals surface area contributed by atoms with Crippen molar-refractivity contribution in [3.05, 3.63) is 0 Å². The molecule has 5 atom stereocenters. The summed E-state index contributed by atoms with van der Waals surface area (Å²) in [5.41, 5.74) is -0.845. The van der Waals surface area contributed by atoms with Crippen LogP contribution in [-0.4, -0.2) is 39.6 Å². The molecule has 3 aliphatic rings. The molecule has 3 fully saturated rings. The first-order valence-electron chi connectivity index (χ1n) is 6.57. The second-order valence-electron chi connectivity index (χ2n) is 6.12. The van der Waals surface area contributed by atoms with Crippen LogP contribution < -0.4 is 0 Å².